The minimum atomic E-state index is -0.566. The molecule has 1 aliphatic rings. The van der Waals surface area contributed by atoms with Crippen molar-refractivity contribution in [1.82, 2.24) is 15.0 Å². The molecule has 1 saturated heterocycles. The van der Waals surface area contributed by atoms with Gasteiger partial charge in [-0.2, -0.15) is 0 Å². The molecule has 1 amide bonds. The largest absolute Gasteiger partial charge is 0.423 e. The standard InChI is InChI=1S/C24H25N3O4/c1-17(2)26-12-14-27(15-13-26)23(28)19-8-10-20(11-9-19)31-24(29)21-16-30-25-22(21)18-6-4-3-5-7-18/h3-11,16-17H,12-15H2,1-2H3. The molecule has 31 heavy (non-hydrogen) atoms. The first-order valence-corrected chi connectivity index (χ1v) is 10.4. The number of hydrogen-bond donors (Lipinski definition) is 0. The average Bonchev–Trinajstić information content (AvgIpc) is 3.30. The number of carbonyl (C=O) groups is 2. The van der Waals surface area contributed by atoms with Gasteiger partial charge < -0.3 is 14.2 Å². The molecule has 0 atom stereocenters. The molecular formula is C24H25N3O4. The Hall–Kier alpha value is -3.45. The van der Waals surface area contributed by atoms with Crippen molar-refractivity contribution in [3.63, 3.8) is 0 Å². The van der Waals surface area contributed by atoms with E-state index in [-0.39, 0.29) is 11.5 Å². The van der Waals surface area contributed by atoms with Crippen molar-refractivity contribution >= 4 is 11.9 Å². The normalized spacial score (nSPS) is 14.6. The highest BCUT2D eigenvalue weighted by Gasteiger charge is 2.24. The number of ether oxygens (including phenoxy) is 1. The monoisotopic (exact) mass is 419 g/mol. The van der Waals surface area contributed by atoms with E-state index in [0.717, 1.165) is 18.7 Å². The summed E-state index contributed by atoms with van der Waals surface area (Å²) in [5.74, 6) is -0.220. The van der Waals surface area contributed by atoms with E-state index in [1.807, 2.05) is 35.2 Å². The predicted octanol–water partition coefficient (Wildman–Crippen LogP) is 3.73. The predicted molar refractivity (Wildman–Crippen MR) is 116 cm³/mol. The van der Waals surface area contributed by atoms with Crippen molar-refractivity contribution in [3.05, 3.63) is 72.0 Å². The third kappa shape index (κ3) is 4.67. The first kappa shape index (κ1) is 20.8. The fourth-order valence-corrected chi connectivity index (χ4v) is 3.64. The molecule has 0 bridgehead atoms. The molecule has 1 aliphatic heterocycles. The van der Waals surface area contributed by atoms with E-state index in [4.69, 9.17) is 9.26 Å². The summed E-state index contributed by atoms with van der Waals surface area (Å²) < 4.78 is 10.5. The van der Waals surface area contributed by atoms with E-state index < -0.39 is 5.97 Å². The lowest BCUT2D eigenvalue weighted by Gasteiger charge is -2.37. The van der Waals surface area contributed by atoms with Crippen LogP contribution in [0, 0.1) is 0 Å². The van der Waals surface area contributed by atoms with Gasteiger partial charge in [-0.15, -0.1) is 0 Å². The van der Waals surface area contributed by atoms with Gasteiger partial charge in [0.2, 0.25) is 0 Å². The second kappa shape index (κ2) is 9.14. The molecule has 0 spiro atoms. The number of aromatic nitrogens is 1. The van der Waals surface area contributed by atoms with Crippen LogP contribution in [-0.2, 0) is 0 Å². The van der Waals surface area contributed by atoms with Gasteiger partial charge in [0, 0.05) is 43.3 Å². The van der Waals surface area contributed by atoms with Crippen LogP contribution in [0.2, 0.25) is 0 Å². The third-order valence-corrected chi connectivity index (χ3v) is 5.48. The van der Waals surface area contributed by atoms with Gasteiger partial charge in [-0.25, -0.2) is 4.79 Å². The van der Waals surface area contributed by atoms with Crippen LogP contribution in [0.25, 0.3) is 11.3 Å². The Labute approximate surface area is 181 Å². The lowest BCUT2D eigenvalue weighted by Crippen LogP contribution is -2.50. The van der Waals surface area contributed by atoms with Crippen molar-refractivity contribution in [2.24, 2.45) is 0 Å². The van der Waals surface area contributed by atoms with Gasteiger partial charge in [-0.1, -0.05) is 35.5 Å². The number of benzene rings is 2. The smallest absolute Gasteiger partial charge is 0.349 e. The topological polar surface area (TPSA) is 75.9 Å². The fourth-order valence-electron chi connectivity index (χ4n) is 3.64. The van der Waals surface area contributed by atoms with Gasteiger partial charge in [0.25, 0.3) is 5.91 Å². The van der Waals surface area contributed by atoms with Crippen molar-refractivity contribution < 1.29 is 18.8 Å². The average molecular weight is 419 g/mol. The molecule has 2 heterocycles. The number of amides is 1. The van der Waals surface area contributed by atoms with E-state index >= 15 is 0 Å². The summed E-state index contributed by atoms with van der Waals surface area (Å²) in [7, 11) is 0. The molecule has 4 rings (SSSR count). The quantitative estimate of drug-likeness (QED) is 0.463. The van der Waals surface area contributed by atoms with Gasteiger partial charge in [-0.3, -0.25) is 9.69 Å². The zero-order chi connectivity index (χ0) is 21.8. The van der Waals surface area contributed by atoms with E-state index in [1.54, 1.807) is 24.3 Å². The lowest BCUT2D eigenvalue weighted by atomic mass is 10.1. The summed E-state index contributed by atoms with van der Waals surface area (Å²) in [5.41, 5.74) is 2.02. The molecule has 0 saturated carbocycles. The number of carbonyl (C=O) groups excluding carboxylic acids is 2. The zero-order valence-electron chi connectivity index (χ0n) is 17.7. The van der Waals surface area contributed by atoms with Gasteiger partial charge in [0.05, 0.1) is 0 Å². The van der Waals surface area contributed by atoms with Crippen LogP contribution in [0.5, 0.6) is 5.75 Å². The van der Waals surface area contributed by atoms with Crippen LogP contribution < -0.4 is 4.74 Å². The van der Waals surface area contributed by atoms with E-state index in [0.29, 0.717) is 36.1 Å². The number of esters is 1. The summed E-state index contributed by atoms with van der Waals surface area (Å²) in [6.07, 6.45) is 1.28. The fraction of sp³-hybridized carbons (Fsp3) is 0.292. The maximum absolute atomic E-state index is 12.8. The van der Waals surface area contributed by atoms with Crippen LogP contribution in [0.15, 0.2) is 65.4 Å². The highest BCUT2D eigenvalue weighted by atomic mass is 16.5. The summed E-state index contributed by atoms with van der Waals surface area (Å²) in [6, 6.07) is 16.4. The Morgan fingerprint density at radius 3 is 2.29 bits per heavy atom. The van der Waals surface area contributed by atoms with Crippen molar-refractivity contribution in [2.75, 3.05) is 26.2 Å². The number of rotatable bonds is 5. The van der Waals surface area contributed by atoms with Gasteiger partial charge in [-0.05, 0) is 38.1 Å². The number of hydrogen-bond acceptors (Lipinski definition) is 6. The summed E-state index contributed by atoms with van der Waals surface area (Å²) in [6.45, 7) is 7.51. The SMILES string of the molecule is CC(C)N1CCN(C(=O)c2ccc(OC(=O)c3conc3-c3ccccc3)cc2)CC1. The highest BCUT2D eigenvalue weighted by molar-refractivity contribution is 5.97. The first-order chi connectivity index (χ1) is 15.0. The number of nitrogens with zero attached hydrogens (tertiary/aromatic N) is 3. The molecule has 160 valence electrons. The van der Waals surface area contributed by atoms with Crippen molar-refractivity contribution in [3.8, 4) is 17.0 Å². The van der Waals surface area contributed by atoms with E-state index in [2.05, 4.69) is 23.9 Å². The molecule has 1 aromatic heterocycles. The second-order valence-corrected chi connectivity index (χ2v) is 7.78. The molecule has 7 nitrogen and oxygen atoms in total. The first-order valence-electron chi connectivity index (χ1n) is 10.4. The van der Waals surface area contributed by atoms with Crippen LogP contribution in [-0.4, -0.2) is 59.1 Å². The van der Waals surface area contributed by atoms with Crippen molar-refractivity contribution in [2.45, 2.75) is 19.9 Å². The highest BCUT2D eigenvalue weighted by Crippen LogP contribution is 2.24. The summed E-state index contributed by atoms with van der Waals surface area (Å²) in [5, 5.41) is 3.92. The Bertz CT molecular complexity index is 1040. The van der Waals surface area contributed by atoms with Crippen LogP contribution in [0.1, 0.15) is 34.6 Å². The molecule has 0 unspecified atom stereocenters. The van der Waals surface area contributed by atoms with Crippen LogP contribution in [0.4, 0.5) is 0 Å². The Balaban J connectivity index is 1.40. The van der Waals surface area contributed by atoms with Crippen LogP contribution in [0.3, 0.4) is 0 Å². The minimum absolute atomic E-state index is 0.00770. The molecule has 7 heteroatoms. The van der Waals surface area contributed by atoms with Gasteiger partial charge in [0.15, 0.2) is 0 Å². The van der Waals surface area contributed by atoms with E-state index in [1.165, 1.54) is 6.26 Å². The Morgan fingerprint density at radius 2 is 1.65 bits per heavy atom. The van der Waals surface area contributed by atoms with Crippen LogP contribution >= 0.6 is 0 Å². The summed E-state index contributed by atoms with van der Waals surface area (Å²) >= 11 is 0. The molecule has 1 fully saturated rings. The van der Waals surface area contributed by atoms with Gasteiger partial charge in [0.1, 0.15) is 23.3 Å². The molecule has 2 aromatic carbocycles. The number of piperazine rings is 1. The minimum Gasteiger partial charge on any atom is -0.423 e. The maximum Gasteiger partial charge on any atom is 0.349 e. The van der Waals surface area contributed by atoms with Crippen molar-refractivity contribution in [1.29, 1.82) is 0 Å². The molecule has 0 radical (unpaired) electrons. The molecule has 0 N–H and O–H groups in total. The molecule has 3 aromatic rings. The Morgan fingerprint density at radius 1 is 0.968 bits per heavy atom. The van der Waals surface area contributed by atoms with E-state index in [9.17, 15) is 9.59 Å². The molecular weight excluding hydrogens is 394 g/mol. The third-order valence-electron chi connectivity index (χ3n) is 5.48. The van der Waals surface area contributed by atoms with Gasteiger partial charge >= 0.3 is 5.97 Å². The zero-order valence-corrected chi connectivity index (χ0v) is 17.7. The molecule has 0 aliphatic carbocycles. The summed E-state index contributed by atoms with van der Waals surface area (Å²) in [4.78, 5) is 29.6. The Kier molecular flexibility index (Phi) is 6.13. The lowest BCUT2D eigenvalue weighted by molar-refractivity contribution is 0.0595. The maximum atomic E-state index is 12.8. The second-order valence-electron chi connectivity index (χ2n) is 7.78.